The molecular weight excluding hydrogens is 230 g/mol. The molecule has 0 saturated heterocycles. The fraction of sp³-hybridized carbons (Fsp3) is 0.357. The lowest BCUT2D eigenvalue weighted by molar-refractivity contribution is -0.137. The van der Waals surface area contributed by atoms with Gasteiger partial charge < -0.3 is 15.2 Å². The molecule has 0 amide bonds. The lowest BCUT2D eigenvalue weighted by Crippen LogP contribution is -2.23. The number of aliphatic hydroxyl groups is 1. The average molecular weight is 249 g/mol. The van der Waals surface area contributed by atoms with Gasteiger partial charge >= 0.3 is 5.97 Å². The third-order valence-corrected chi connectivity index (χ3v) is 2.41. The fourth-order valence-corrected chi connectivity index (χ4v) is 1.60. The normalized spacial score (nSPS) is 12.9. The molecule has 0 aliphatic carbocycles. The number of carbonyl (C=O) groups excluding carboxylic acids is 1. The lowest BCUT2D eigenvalue weighted by atomic mass is 10.1. The molecule has 0 aromatic heterocycles. The van der Waals surface area contributed by atoms with Crippen molar-refractivity contribution in [3.8, 4) is 0 Å². The van der Waals surface area contributed by atoms with Crippen molar-refractivity contribution in [3.05, 3.63) is 47.7 Å². The van der Waals surface area contributed by atoms with Crippen molar-refractivity contribution in [2.75, 3.05) is 13.2 Å². The highest BCUT2D eigenvalue weighted by molar-refractivity contribution is 5.82. The van der Waals surface area contributed by atoms with Crippen LogP contribution in [0.5, 0.6) is 0 Å². The molecular formula is C14H19NO3. The van der Waals surface area contributed by atoms with Crippen LogP contribution in [0.1, 0.15) is 25.5 Å². The summed E-state index contributed by atoms with van der Waals surface area (Å²) in [6, 6.07) is 9.35. The molecule has 0 aliphatic rings. The minimum Gasteiger partial charge on any atom is -0.463 e. The maximum absolute atomic E-state index is 11.3. The molecule has 1 aromatic carbocycles. The van der Waals surface area contributed by atoms with Crippen molar-refractivity contribution in [3.63, 3.8) is 0 Å². The van der Waals surface area contributed by atoms with E-state index in [0.29, 0.717) is 12.3 Å². The first-order chi connectivity index (χ1) is 8.67. The summed E-state index contributed by atoms with van der Waals surface area (Å²) in [5.74, 6) is -0.382. The minimum absolute atomic E-state index is 0.0436. The van der Waals surface area contributed by atoms with Crippen LogP contribution in [0.25, 0.3) is 0 Å². The Morgan fingerprint density at radius 3 is 2.67 bits per heavy atom. The molecule has 4 heteroatoms. The first kappa shape index (κ1) is 14.3. The minimum atomic E-state index is -0.382. The molecule has 4 nitrogen and oxygen atoms in total. The molecule has 0 bridgehead atoms. The number of aliphatic hydroxyl groups excluding tert-OH is 1. The van der Waals surface area contributed by atoms with Gasteiger partial charge in [0, 0.05) is 11.8 Å². The van der Waals surface area contributed by atoms with Gasteiger partial charge in [-0.05, 0) is 19.4 Å². The molecule has 2 N–H and O–H groups in total. The standard InChI is InChI=1S/C14H19NO3/c1-3-18-14(17)9-11(2)15-13(10-16)12-7-5-4-6-8-12/h4-9,13,15-16H,3,10H2,1-2H3/b11-9+. The average Bonchev–Trinajstić information content (AvgIpc) is 2.37. The van der Waals surface area contributed by atoms with E-state index < -0.39 is 0 Å². The second-order valence-corrected chi connectivity index (χ2v) is 3.87. The number of allylic oxidation sites excluding steroid dienone is 1. The molecule has 1 atom stereocenters. The SMILES string of the molecule is CCOC(=O)/C=C(\C)NC(CO)c1ccccc1. The Morgan fingerprint density at radius 1 is 1.44 bits per heavy atom. The number of hydrogen-bond donors (Lipinski definition) is 2. The molecule has 1 rings (SSSR count). The number of ether oxygens (including phenoxy) is 1. The van der Waals surface area contributed by atoms with Crippen molar-refractivity contribution < 1.29 is 14.6 Å². The zero-order valence-electron chi connectivity index (χ0n) is 10.7. The second-order valence-electron chi connectivity index (χ2n) is 3.87. The molecule has 0 aliphatic heterocycles. The topological polar surface area (TPSA) is 58.6 Å². The monoisotopic (exact) mass is 249 g/mol. The first-order valence-electron chi connectivity index (χ1n) is 5.94. The van der Waals surface area contributed by atoms with Crippen molar-refractivity contribution in [2.24, 2.45) is 0 Å². The molecule has 18 heavy (non-hydrogen) atoms. The smallest absolute Gasteiger partial charge is 0.332 e. The van der Waals surface area contributed by atoms with E-state index in [9.17, 15) is 9.90 Å². The van der Waals surface area contributed by atoms with Crippen molar-refractivity contribution in [1.29, 1.82) is 0 Å². The Bertz CT molecular complexity index is 401. The number of rotatable bonds is 6. The number of carbonyl (C=O) groups is 1. The highest BCUT2D eigenvalue weighted by atomic mass is 16.5. The van der Waals surface area contributed by atoms with E-state index >= 15 is 0 Å². The van der Waals surface area contributed by atoms with Crippen LogP contribution < -0.4 is 5.32 Å². The summed E-state index contributed by atoms with van der Waals surface area (Å²) in [4.78, 5) is 11.3. The first-order valence-corrected chi connectivity index (χ1v) is 5.94. The van der Waals surface area contributed by atoms with Gasteiger partial charge in [0.1, 0.15) is 0 Å². The quantitative estimate of drug-likeness (QED) is 0.596. The maximum atomic E-state index is 11.3. The Labute approximate surface area is 107 Å². The number of nitrogens with one attached hydrogen (secondary N) is 1. The zero-order valence-corrected chi connectivity index (χ0v) is 10.7. The van der Waals surface area contributed by atoms with Crippen LogP contribution in [0.3, 0.4) is 0 Å². The Kier molecular flexibility index (Phi) is 5.94. The number of benzene rings is 1. The number of hydrogen-bond acceptors (Lipinski definition) is 4. The van der Waals surface area contributed by atoms with Crippen LogP contribution in [-0.2, 0) is 9.53 Å². The molecule has 98 valence electrons. The second kappa shape index (κ2) is 7.50. The van der Waals surface area contributed by atoms with Gasteiger partial charge in [0.05, 0.1) is 19.3 Å². The van der Waals surface area contributed by atoms with Gasteiger partial charge in [0.15, 0.2) is 0 Å². The highest BCUT2D eigenvalue weighted by Gasteiger charge is 2.09. The van der Waals surface area contributed by atoms with Crippen LogP contribution in [0.2, 0.25) is 0 Å². The van der Waals surface area contributed by atoms with Crippen molar-refractivity contribution in [2.45, 2.75) is 19.9 Å². The van der Waals surface area contributed by atoms with E-state index in [1.165, 1.54) is 6.08 Å². The summed E-state index contributed by atoms with van der Waals surface area (Å²) in [7, 11) is 0. The molecule has 1 unspecified atom stereocenters. The summed E-state index contributed by atoms with van der Waals surface area (Å²) in [6.45, 7) is 3.83. The lowest BCUT2D eigenvalue weighted by Gasteiger charge is -2.18. The van der Waals surface area contributed by atoms with Gasteiger partial charge in [0.2, 0.25) is 0 Å². The Morgan fingerprint density at radius 2 is 2.11 bits per heavy atom. The van der Waals surface area contributed by atoms with E-state index in [0.717, 1.165) is 5.56 Å². The van der Waals surface area contributed by atoms with Crippen LogP contribution in [-0.4, -0.2) is 24.3 Å². The third-order valence-electron chi connectivity index (χ3n) is 2.41. The highest BCUT2D eigenvalue weighted by Crippen LogP contribution is 2.13. The van der Waals surface area contributed by atoms with Crippen molar-refractivity contribution in [1.82, 2.24) is 5.32 Å². The predicted octanol–water partition coefficient (Wildman–Crippen LogP) is 1.78. The summed E-state index contributed by atoms with van der Waals surface area (Å²) in [5.41, 5.74) is 1.63. The van der Waals surface area contributed by atoms with E-state index in [4.69, 9.17) is 4.74 Å². The van der Waals surface area contributed by atoms with Gasteiger partial charge in [0.25, 0.3) is 0 Å². The van der Waals surface area contributed by atoms with Crippen LogP contribution in [0, 0.1) is 0 Å². The molecule has 0 spiro atoms. The van der Waals surface area contributed by atoms with Gasteiger partial charge in [-0.25, -0.2) is 4.79 Å². The van der Waals surface area contributed by atoms with Gasteiger partial charge in [-0.3, -0.25) is 0 Å². The third kappa shape index (κ3) is 4.59. The molecule has 0 heterocycles. The molecule has 0 radical (unpaired) electrons. The molecule has 1 aromatic rings. The van der Waals surface area contributed by atoms with E-state index in [1.54, 1.807) is 13.8 Å². The summed E-state index contributed by atoms with van der Waals surface area (Å²) in [6.07, 6.45) is 1.38. The van der Waals surface area contributed by atoms with E-state index in [2.05, 4.69) is 5.32 Å². The van der Waals surface area contributed by atoms with Crippen LogP contribution in [0.4, 0.5) is 0 Å². The zero-order chi connectivity index (χ0) is 13.4. The van der Waals surface area contributed by atoms with E-state index in [1.807, 2.05) is 30.3 Å². The number of esters is 1. The predicted molar refractivity (Wildman–Crippen MR) is 69.8 cm³/mol. The van der Waals surface area contributed by atoms with Gasteiger partial charge in [-0.2, -0.15) is 0 Å². The van der Waals surface area contributed by atoms with Crippen molar-refractivity contribution >= 4 is 5.97 Å². The molecule has 0 saturated carbocycles. The maximum Gasteiger partial charge on any atom is 0.332 e. The van der Waals surface area contributed by atoms with Gasteiger partial charge in [-0.15, -0.1) is 0 Å². The molecule has 0 fully saturated rings. The summed E-state index contributed by atoms with van der Waals surface area (Å²) < 4.78 is 4.82. The van der Waals surface area contributed by atoms with Crippen LogP contribution in [0.15, 0.2) is 42.1 Å². The summed E-state index contributed by atoms with van der Waals surface area (Å²) >= 11 is 0. The fourth-order valence-electron chi connectivity index (χ4n) is 1.60. The van der Waals surface area contributed by atoms with E-state index in [-0.39, 0.29) is 18.6 Å². The van der Waals surface area contributed by atoms with Gasteiger partial charge in [-0.1, -0.05) is 30.3 Å². The Hall–Kier alpha value is -1.81. The van der Waals surface area contributed by atoms with Crippen LogP contribution >= 0.6 is 0 Å². The largest absolute Gasteiger partial charge is 0.463 e. The Balaban J connectivity index is 2.66. The summed E-state index contributed by atoms with van der Waals surface area (Å²) in [5, 5.41) is 12.4.